The van der Waals surface area contributed by atoms with Crippen LogP contribution in [-0.2, 0) is 10.2 Å². The van der Waals surface area contributed by atoms with Crippen LogP contribution >= 0.6 is 11.6 Å². The molecule has 3 N–H and O–H groups in total. The lowest BCUT2D eigenvalue weighted by atomic mass is 9.68. The van der Waals surface area contributed by atoms with Crippen LogP contribution in [0.1, 0.15) is 50.5 Å². The summed E-state index contributed by atoms with van der Waals surface area (Å²) in [5.74, 6) is 0.0820. The normalized spacial score (nSPS) is 28.7. The molecule has 0 aromatic heterocycles. The number of carbonyl (C=O) groups excluding carboxylic acids is 1. The smallest absolute Gasteiger partial charge is 0.224 e. The minimum atomic E-state index is -0.577. The lowest BCUT2D eigenvalue weighted by Gasteiger charge is -2.41. The van der Waals surface area contributed by atoms with E-state index in [-0.39, 0.29) is 11.3 Å². The van der Waals surface area contributed by atoms with Gasteiger partial charge in [-0.15, -0.1) is 0 Å². The minimum Gasteiger partial charge on any atom is -0.374 e. The first-order valence-electron chi connectivity index (χ1n) is 10.2. The van der Waals surface area contributed by atoms with E-state index in [9.17, 15) is 9.90 Å². The van der Waals surface area contributed by atoms with Crippen LogP contribution in [0.15, 0.2) is 24.3 Å². The van der Waals surface area contributed by atoms with Gasteiger partial charge in [-0.05, 0) is 63.4 Å². The number of rotatable bonds is 8. The second-order valence-electron chi connectivity index (χ2n) is 8.01. The van der Waals surface area contributed by atoms with E-state index in [2.05, 4.69) is 22.8 Å². The van der Waals surface area contributed by atoms with Crippen molar-refractivity contribution in [2.75, 3.05) is 26.7 Å². The standard InChI is InChI=1S/C21H32ClN3O2/c1-23-15-21(16-4-2-5-17(22)14-16)10-8-18(9-11-21)24-12-3-13-25-19(26)6-7-20(25)27/h2,4-5,14,18-19,23-24,26H,3,6-13,15H2,1H3. The van der Waals surface area contributed by atoms with Gasteiger partial charge in [0.2, 0.25) is 5.91 Å². The van der Waals surface area contributed by atoms with Gasteiger partial charge in [0.25, 0.3) is 0 Å². The fraction of sp³-hybridized carbons (Fsp3) is 0.667. The number of hydrogen-bond acceptors (Lipinski definition) is 4. The molecule has 1 saturated heterocycles. The van der Waals surface area contributed by atoms with E-state index in [0.717, 1.165) is 50.2 Å². The summed E-state index contributed by atoms with van der Waals surface area (Å²) >= 11 is 6.24. The molecule has 0 spiro atoms. The van der Waals surface area contributed by atoms with E-state index < -0.39 is 6.23 Å². The number of likely N-dealkylation sites (tertiary alicyclic amines) is 1. The maximum Gasteiger partial charge on any atom is 0.224 e. The Bertz CT molecular complexity index is 632. The molecule has 1 aromatic carbocycles. The number of halogens is 1. The second kappa shape index (κ2) is 9.37. The van der Waals surface area contributed by atoms with E-state index in [1.165, 1.54) is 5.56 Å². The average Bonchev–Trinajstić information content (AvgIpc) is 2.98. The third-order valence-corrected chi connectivity index (χ3v) is 6.44. The summed E-state index contributed by atoms with van der Waals surface area (Å²) in [5, 5.41) is 17.7. The van der Waals surface area contributed by atoms with Crippen molar-refractivity contribution in [1.82, 2.24) is 15.5 Å². The largest absolute Gasteiger partial charge is 0.374 e. The molecular formula is C21H32ClN3O2. The first-order chi connectivity index (χ1) is 13.0. The number of benzene rings is 1. The first kappa shape index (κ1) is 20.6. The molecule has 1 saturated carbocycles. The molecule has 150 valence electrons. The van der Waals surface area contributed by atoms with Gasteiger partial charge in [0.15, 0.2) is 0 Å². The second-order valence-corrected chi connectivity index (χ2v) is 8.45. The van der Waals surface area contributed by atoms with Crippen LogP contribution < -0.4 is 10.6 Å². The summed E-state index contributed by atoms with van der Waals surface area (Å²) in [6.07, 6.45) is 5.91. The van der Waals surface area contributed by atoms with E-state index >= 15 is 0 Å². The fourth-order valence-electron chi connectivity index (χ4n) is 4.65. The van der Waals surface area contributed by atoms with Crippen molar-refractivity contribution >= 4 is 17.5 Å². The number of likely N-dealkylation sites (N-methyl/N-ethyl adjacent to an activating group) is 1. The number of hydrogen-bond donors (Lipinski definition) is 3. The summed E-state index contributed by atoms with van der Waals surface area (Å²) in [4.78, 5) is 13.3. The molecule has 2 aliphatic rings. The van der Waals surface area contributed by atoms with Crippen molar-refractivity contribution in [2.24, 2.45) is 0 Å². The molecule has 0 bridgehead atoms. The quantitative estimate of drug-likeness (QED) is 0.594. The Labute approximate surface area is 167 Å². The minimum absolute atomic E-state index is 0.0820. The molecular weight excluding hydrogens is 362 g/mol. The summed E-state index contributed by atoms with van der Waals surface area (Å²) in [6.45, 7) is 2.50. The highest BCUT2D eigenvalue weighted by atomic mass is 35.5. The number of aliphatic hydroxyl groups excluding tert-OH is 1. The lowest BCUT2D eigenvalue weighted by Crippen LogP contribution is -2.45. The highest BCUT2D eigenvalue weighted by Gasteiger charge is 2.36. The average molecular weight is 394 g/mol. The van der Waals surface area contributed by atoms with Crippen LogP contribution in [0.25, 0.3) is 0 Å². The van der Waals surface area contributed by atoms with Crippen molar-refractivity contribution in [3.8, 4) is 0 Å². The van der Waals surface area contributed by atoms with Gasteiger partial charge in [0.05, 0.1) is 0 Å². The number of nitrogens with zero attached hydrogens (tertiary/aromatic N) is 1. The zero-order valence-corrected chi connectivity index (χ0v) is 17.0. The fourth-order valence-corrected chi connectivity index (χ4v) is 4.84. The van der Waals surface area contributed by atoms with Crippen molar-refractivity contribution in [3.63, 3.8) is 0 Å². The number of carbonyl (C=O) groups is 1. The molecule has 1 amide bonds. The maximum absolute atomic E-state index is 11.7. The van der Waals surface area contributed by atoms with Gasteiger partial charge in [0, 0.05) is 42.4 Å². The van der Waals surface area contributed by atoms with Gasteiger partial charge in [-0.2, -0.15) is 0 Å². The molecule has 5 nitrogen and oxygen atoms in total. The van der Waals surface area contributed by atoms with Gasteiger partial charge in [0.1, 0.15) is 6.23 Å². The van der Waals surface area contributed by atoms with Gasteiger partial charge in [-0.1, -0.05) is 23.7 Å². The molecule has 1 heterocycles. The Morgan fingerprint density at radius 1 is 1.30 bits per heavy atom. The monoisotopic (exact) mass is 393 g/mol. The SMILES string of the molecule is CNCC1(c2cccc(Cl)c2)CCC(NCCCN2C(=O)CCC2O)CC1. The van der Waals surface area contributed by atoms with Gasteiger partial charge in [-0.25, -0.2) is 0 Å². The Morgan fingerprint density at radius 3 is 2.70 bits per heavy atom. The van der Waals surface area contributed by atoms with Crippen LogP contribution in [0.2, 0.25) is 5.02 Å². The van der Waals surface area contributed by atoms with Gasteiger partial charge >= 0.3 is 0 Å². The van der Waals surface area contributed by atoms with Crippen LogP contribution in [-0.4, -0.2) is 54.9 Å². The molecule has 1 unspecified atom stereocenters. The molecule has 2 fully saturated rings. The molecule has 1 aromatic rings. The zero-order chi connectivity index (χ0) is 19.3. The lowest BCUT2D eigenvalue weighted by molar-refractivity contribution is -0.133. The third-order valence-electron chi connectivity index (χ3n) is 6.20. The Hall–Kier alpha value is -1.14. The zero-order valence-electron chi connectivity index (χ0n) is 16.2. The number of aliphatic hydroxyl groups is 1. The first-order valence-corrected chi connectivity index (χ1v) is 10.5. The molecule has 1 aliphatic heterocycles. The maximum atomic E-state index is 11.7. The van der Waals surface area contributed by atoms with E-state index in [1.54, 1.807) is 4.90 Å². The Morgan fingerprint density at radius 2 is 2.07 bits per heavy atom. The summed E-state index contributed by atoms with van der Waals surface area (Å²) in [5.41, 5.74) is 1.49. The Kier molecular flexibility index (Phi) is 7.15. The van der Waals surface area contributed by atoms with E-state index in [1.807, 2.05) is 19.2 Å². The Balaban J connectivity index is 1.46. The molecule has 1 atom stereocenters. The summed E-state index contributed by atoms with van der Waals surface area (Å²) < 4.78 is 0. The van der Waals surface area contributed by atoms with Crippen molar-refractivity contribution in [1.29, 1.82) is 0 Å². The molecule has 6 heteroatoms. The van der Waals surface area contributed by atoms with Crippen molar-refractivity contribution in [2.45, 2.75) is 62.6 Å². The summed E-state index contributed by atoms with van der Waals surface area (Å²) in [7, 11) is 2.02. The highest BCUT2D eigenvalue weighted by molar-refractivity contribution is 6.30. The van der Waals surface area contributed by atoms with Crippen LogP contribution in [0.3, 0.4) is 0 Å². The van der Waals surface area contributed by atoms with E-state index in [0.29, 0.717) is 25.4 Å². The van der Waals surface area contributed by atoms with Crippen LogP contribution in [0.5, 0.6) is 0 Å². The third kappa shape index (κ3) is 5.02. The molecule has 0 radical (unpaired) electrons. The molecule has 1 aliphatic carbocycles. The van der Waals surface area contributed by atoms with E-state index in [4.69, 9.17) is 11.6 Å². The number of amides is 1. The van der Waals surface area contributed by atoms with Crippen molar-refractivity contribution in [3.05, 3.63) is 34.9 Å². The predicted molar refractivity (Wildman–Crippen MR) is 109 cm³/mol. The number of nitrogens with one attached hydrogen (secondary N) is 2. The van der Waals surface area contributed by atoms with Gasteiger partial charge < -0.3 is 20.6 Å². The van der Waals surface area contributed by atoms with Crippen molar-refractivity contribution < 1.29 is 9.90 Å². The predicted octanol–water partition coefficient (Wildman–Crippen LogP) is 2.66. The highest BCUT2D eigenvalue weighted by Crippen LogP contribution is 2.39. The van der Waals surface area contributed by atoms with Gasteiger partial charge in [-0.3, -0.25) is 4.79 Å². The topological polar surface area (TPSA) is 64.6 Å². The van der Waals surface area contributed by atoms with Crippen LogP contribution in [0.4, 0.5) is 0 Å². The summed E-state index contributed by atoms with van der Waals surface area (Å²) in [6, 6.07) is 8.83. The molecule has 3 rings (SSSR count). The van der Waals surface area contributed by atoms with Crippen LogP contribution in [0, 0.1) is 0 Å². The molecule has 27 heavy (non-hydrogen) atoms.